The van der Waals surface area contributed by atoms with Crippen molar-refractivity contribution >= 4 is 12.4 Å². The van der Waals surface area contributed by atoms with Crippen molar-refractivity contribution in [3.8, 4) is 11.1 Å². The van der Waals surface area contributed by atoms with Crippen LogP contribution in [0.5, 0.6) is 0 Å². The number of benzene rings is 1. The molecule has 98 valence electrons. The molecule has 1 heterocycles. The SMILES string of the molecule is Cc1nn(C)c(C)c1-c1ccc(C(C)N)cc1.Cl. The molecule has 0 amide bonds. The molecule has 2 N–H and O–H groups in total. The van der Waals surface area contributed by atoms with E-state index in [1.807, 2.05) is 25.6 Å². The summed E-state index contributed by atoms with van der Waals surface area (Å²) in [6, 6.07) is 8.50. The Morgan fingerprint density at radius 1 is 1.17 bits per heavy atom. The van der Waals surface area contributed by atoms with E-state index in [2.05, 4.69) is 36.3 Å². The average molecular weight is 266 g/mol. The standard InChI is InChI=1S/C14H19N3.ClH/c1-9(15)12-5-7-13(8-6-12)14-10(2)16-17(4)11(14)3;/h5-9H,15H2,1-4H3;1H. The number of rotatable bonds is 2. The van der Waals surface area contributed by atoms with Crippen LogP contribution in [-0.4, -0.2) is 9.78 Å². The van der Waals surface area contributed by atoms with Crippen molar-refractivity contribution in [3.63, 3.8) is 0 Å². The number of aryl methyl sites for hydroxylation is 2. The third-order valence-corrected chi connectivity index (χ3v) is 3.23. The van der Waals surface area contributed by atoms with Gasteiger partial charge in [-0.15, -0.1) is 12.4 Å². The second-order valence-electron chi connectivity index (χ2n) is 4.58. The van der Waals surface area contributed by atoms with Crippen LogP contribution in [-0.2, 0) is 7.05 Å². The molecule has 0 aliphatic heterocycles. The van der Waals surface area contributed by atoms with Crippen LogP contribution < -0.4 is 5.73 Å². The normalized spacial score (nSPS) is 12.1. The third kappa shape index (κ3) is 2.57. The van der Waals surface area contributed by atoms with E-state index in [4.69, 9.17) is 5.73 Å². The Labute approximate surface area is 114 Å². The fourth-order valence-corrected chi connectivity index (χ4v) is 2.14. The van der Waals surface area contributed by atoms with Gasteiger partial charge in [-0.3, -0.25) is 4.68 Å². The molecule has 0 aliphatic carbocycles. The van der Waals surface area contributed by atoms with Gasteiger partial charge in [-0.05, 0) is 31.9 Å². The minimum absolute atomic E-state index is 0. The molecule has 18 heavy (non-hydrogen) atoms. The Morgan fingerprint density at radius 3 is 2.11 bits per heavy atom. The lowest BCUT2D eigenvalue weighted by Crippen LogP contribution is -2.04. The molecule has 1 aromatic heterocycles. The molecule has 0 saturated heterocycles. The molecular weight excluding hydrogens is 246 g/mol. The molecule has 1 unspecified atom stereocenters. The minimum atomic E-state index is 0. The lowest BCUT2D eigenvalue weighted by Gasteiger charge is -2.07. The maximum atomic E-state index is 5.85. The monoisotopic (exact) mass is 265 g/mol. The summed E-state index contributed by atoms with van der Waals surface area (Å²) in [4.78, 5) is 0. The molecule has 1 atom stereocenters. The summed E-state index contributed by atoms with van der Waals surface area (Å²) >= 11 is 0. The first-order chi connectivity index (χ1) is 8.00. The van der Waals surface area contributed by atoms with Crippen LogP contribution in [0.1, 0.15) is 29.9 Å². The van der Waals surface area contributed by atoms with Crippen LogP contribution in [0.4, 0.5) is 0 Å². The maximum absolute atomic E-state index is 5.85. The van der Waals surface area contributed by atoms with Crippen LogP contribution >= 0.6 is 12.4 Å². The predicted octanol–water partition coefficient (Wildman–Crippen LogP) is 3.15. The van der Waals surface area contributed by atoms with Crippen LogP contribution in [0.2, 0.25) is 0 Å². The first kappa shape index (κ1) is 14.7. The molecule has 0 aliphatic rings. The van der Waals surface area contributed by atoms with Gasteiger partial charge < -0.3 is 5.73 Å². The number of hydrogen-bond acceptors (Lipinski definition) is 2. The number of nitrogens with zero attached hydrogens (tertiary/aromatic N) is 2. The molecule has 2 aromatic rings. The minimum Gasteiger partial charge on any atom is -0.324 e. The third-order valence-electron chi connectivity index (χ3n) is 3.23. The highest BCUT2D eigenvalue weighted by molar-refractivity contribution is 5.85. The second-order valence-corrected chi connectivity index (χ2v) is 4.58. The van der Waals surface area contributed by atoms with E-state index in [0.717, 1.165) is 11.3 Å². The molecule has 0 fully saturated rings. The first-order valence-corrected chi connectivity index (χ1v) is 5.87. The second kappa shape index (κ2) is 5.55. The Bertz CT molecular complexity index is 527. The van der Waals surface area contributed by atoms with E-state index in [0.29, 0.717) is 0 Å². The lowest BCUT2D eigenvalue weighted by molar-refractivity contribution is 0.731. The van der Waals surface area contributed by atoms with Crippen molar-refractivity contribution < 1.29 is 0 Å². The molecular formula is C14H20ClN3. The van der Waals surface area contributed by atoms with E-state index in [-0.39, 0.29) is 18.4 Å². The van der Waals surface area contributed by atoms with Gasteiger partial charge in [0.1, 0.15) is 0 Å². The Balaban J connectivity index is 0.00000162. The Morgan fingerprint density at radius 2 is 1.72 bits per heavy atom. The average Bonchev–Trinajstić information content (AvgIpc) is 2.53. The van der Waals surface area contributed by atoms with Gasteiger partial charge in [0, 0.05) is 24.3 Å². The molecule has 0 saturated carbocycles. The number of nitrogens with two attached hydrogens (primary N) is 1. The summed E-state index contributed by atoms with van der Waals surface area (Å²) in [5.41, 5.74) is 11.7. The van der Waals surface area contributed by atoms with Gasteiger partial charge in [-0.2, -0.15) is 5.10 Å². The lowest BCUT2D eigenvalue weighted by atomic mass is 10.0. The van der Waals surface area contributed by atoms with E-state index in [1.165, 1.54) is 16.8 Å². The summed E-state index contributed by atoms with van der Waals surface area (Å²) in [5, 5.41) is 4.44. The molecule has 3 nitrogen and oxygen atoms in total. The van der Waals surface area contributed by atoms with E-state index < -0.39 is 0 Å². The van der Waals surface area contributed by atoms with Gasteiger partial charge in [-0.25, -0.2) is 0 Å². The van der Waals surface area contributed by atoms with Gasteiger partial charge in [0.05, 0.1) is 5.69 Å². The molecule has 4 heteroatoms. The topological polar surface area (TPSA) is 43.8 Å². The van der Waals surface area contributed by atoms with Crippen molar-refractivity contribution in [2.45, 2.75) is 26.8 Å². The summed E-state index contributed by atoms with van der Waals surface area (Å²) in [5.74, 6) is 0. The van der Waals surface area contributed by atoms with E-state index in [1.54, 1.807) is 0 Å². The molecule has 2 rings (SSSR count). The van der Waals surface area contributed by atoms with Crippen molar-refractivity contribution in [3.05, 3.63) is 41.2 Å². The van der Waals surface area contributed by atoms with Gasteiger partial charge in [0.25, 0.3) is 0 Å². The highest BCUT2D eigenvalue weighted by Crippen LogP contribution is 2.27. The fourth-order valence-electron chi connectivity index (χ4n) is 2.14. The zero-order chi connectivity index (χ0) is 12.6. The highest BCUT2D eigenvalue weighted by atomic mass is 35.5. The van der Waals surface area contributed by atoms with E-state index >= 15 is 0 Å². The zero-order valence-electron chi connectivity index (χ0n) is 11.3. The van der Waals surface area contributed by atoms with Crippen molar-refractivity contribution in [2.24, 2.45) is 12.8 Å². The van der Waals surface area contributed by atoms with Crippen LogP contribution in [0, 0.1) is 13.8 Å². The van der Waals surface area contributed by atoms with Crippen molar-refractivity contribution in [1.29, 1.82) is 0 Å². The summed E-state index contributed by atoms with van der Waals surface area (Å²) < 4.78 is 1.92. The number of halogens is 1. The Kier molecular flexibility index (Phi) is 4.54. The van der Waals surface area contributed by atoms with Gasteiger partial charge in [-0.1, -0.05) is 24.3 Å². The first-order valence-electron chi connectivity index (χ1n) is 5.87. The molecule has 0 spiro atoms. The summed E-state index contributed by atoms with van der Waals surface area (Å²) in [6.07, 6.45) is 0. The smallest absolute Gasteiger partial charge is 0.0674 e. The molecule has 0 bridgehead atoms. The summed E-state index contributed by atoms with van der Waals surface area (Å²) in [6.45, 7) is 6.13. The van der Waals surface area contributed by atoms with Crippen LogP contribution in [0.3, 0.4) is 0 Å². The van der Waals surface area contributed by atoms with Crippen molar-refractivity contribution in [2.75, 3.05) is 0 Å². The summed E-state index contributed by atoms with van der Waals surface area (Å²) in [7, 11) is 1.97. The number of aromatic nitrogens is 2. The van der Waals surface area contributed by atoms with Crippen LogP contribution in [0.25, 0.3) is 11.1 Å². The quantitative estimate of drug-likeness (QED) is 0.907. The number of hydrogen-bond donors (Lipinski definition) is 1. The highest BCUT2D eigenvalue weighted by Gasteiger charge is 2.11. The van der Waals surface area contributed by atoms with Gasteiger partial charge in [0.2, 0.25) is 0 Å². The Hall–Kier alpha value is -1.32. The predicted molar refractivity (Wildman–Crippen MR) is 78.0 cm³/mol. The fraction of sp³-hybridized carbons (Fsp3) is 0.357. The van der Waals surface area contributed by atoms with Crippen LogP contribution in [0.15, 0.2) is 24.3 Å². The largest absolute Gasteiger partial charge is 0.324 e. The van der Waals surface area contributed by atoms with Gasteiger partial charge >= 0.3 is 0 Å². The zero-order valence-corrected chi connectivity index (χ0v) is 12.1. The van der Waals surface area contributed by atoms with Crippen molar-refractivity contribution in [1.82, 2.24) is 9.78 Å². The molecule has 1 aromatic carbocycles. The molecule has 0 radical (unpaired) electrons. The van der Waals surface area contributed by atoms with E-state index in [9.17, 15) is 0 Å². The van der Waals surface area contributed by atoms with Gasteiger partial charge in [0.15, 0.2) is 0 Å². The maximum Gasteiger partial charge on any atom is 0.0674 e.